The Morgan fingerprint density at radius 2 is 2.03 bits per heavy atom. The van der Waals surface area contributed by atoms with Crippen molar-refractivity contribution in [1.82, 2.24) is 24.2 Å². The number of alkyl halides is 3. The number of piperidine rings is 1. The van der Waals surface area contributed by atoms with Gasteiger partial charge in [-0.1, -0.05) is 19.1 Å². The van der Waals surface area contributed by atoms with Crippen LogP contribution in [0.2, 0.25) is 0 Å². The van der Waals surface area contributed by atoms with Crippen molar-refractivity contribution in [3.05, 3.63) is 48.0 Å². The first-order valence-electron chi connectivity index (χ1n) is 10.7. The molecule has 4 rings (SSSR count). The van der Waals surface area contributed by atoms with E-state index in [-0.39, 0.29) is 11.8 Å². The highest BCUT2D eigenvalue weighted by atomic mass is 19.4. The Morgan fingerprint density at radius 3 is 2.74 bits per heavy atom. The van der Waals surface area contributed by atoms with E-state index in [1.54, 1.807) is 11.8 Å². The van der Waals surface area contributed by atoms with Crippen molar-refractivity contribution in [3.63, 3.8) is 0 Å². The van der Waals surface area contributed by atoms with Crippen molar-refractivity contribution in [2.45, 2.75) is 57.8 Å². The average molecular weight is 433 g/mol. The number of aryl methyl sites for hydroxylation is 1. The van der Waals surface area contributed by atoms with Gasteiger partial charge in [0.2, 0.25) is 5.91 Å². The minimum Gasteiger partial charge on any atom is -0.340 e. The number of imidazole rings is 1. The third-order valence-corrected chi connectivity index (χ3v) is 5.88. The molecule has 0 radical (unpaired) electrons. The molecule has 2 unspecified atom stereocenters. The topological polar surface area (TPSA) is 56.0 Å². The average Bonchev–Trinajstić information content (AvgIpc) is 3.39. The van der Waals surface area contributed by atoms with E-state index >= 15 is 0 Å². The van der Waals surface area contributed by atoms with Crippen LogP contribution in [0.3, 0.4) is 0 Å². The Hall–Kier alpha value is -2.84. The first kappa shape index (κ1) is 21.4. The molecule has 0 bridgehead atoms. The van der Waals surface area contributed by atoms with Gasteiger partial charge in [0.15, 0.2) is 5.69 Å². The zero-order valence-electron chi connectivity index (χ0n) is 17.6. The molecule has 31 heavy (non-hydrogen) atoms. The van der Waals surface area contributed by atoms with Crippen LogP contribution in [0.1, 0.15) is 56.6 Å². The lowest BCUT2D eigenvalue weighted by molar-refractivity contribution is -0.142. The number of carbonyl (C=O) groups is 1. The van der Waals surface area contributed by atoms with Crippen LogP contribution >= 0.6 is 0 Å². The standard InChI is InChI=1S/C22H26F3N5O/c1-3-11-29-18-9-5-4-8-17(18)26-20(29)16-7-6-12-28(14-16)21(31)15(2)30-13-10-19(27-30)22(23,24)25/h4-5,8-10,13,15-16H,3,6-7,11-12,14H2,1-2H3. The van der Waals surface area contributed by atoms with Gasteiger partial charge < -0.3 is 9.47 Å². The molecule has 0 N–H and O–H groups in total. The number of aromatic nitrogens is 4. The van der Waals surface area contributed by atoms with Crippen molar-refractivity contribution < 1.29 is 18.0 Å². The third kappa shape index (κ3) is 4.18. The summed E-state index contributed by atoms with van der Waals surface area (Å²) in [5.74, 6) is 0.846. The Morgan fingerprint density at radius 1 is 1.26 bits per heavy atom. The Labute approximate surface area is 178 Å². The number of likely N-dealkylation sites (tertiary alicyclic amines) is 1. The second-order valence-corrected chi connectivity index (χ2v) is 8.09. The van der Waals surface area contributed by atoms with E-state index in [1.165, 1.54) is 6.20 Å². The molecular formula is C22H26F3N5O. The van der Waals surface area contributed by atoms with E-state index in [0.29, 0.717) is 13.1 Å². The van der Waals surface area contributed by atoms with Crippen molar-refractivity contribution >= 4 is 16.9 Å². The maximum atomic E-state index is 13.1. The van der Waals surface area contributed by atoms with E-state index in [1.807, 2.05) is 18.2 Å². The molecule has 1 saturated heterocycles. The second-order valence-electron chi connectivity index (χ2n) is 8.09. The van der Waals surface area contributed by atoms with Crippen molar-refractivity contribution in [3.8, 4) is 0 Å². The highest BCUT2D eigenvalue weighted by Gasteiger charge is 2.35. The normalized spacial score (nSPS) is 18.5. The number of hydrogen-bond donors (Lipinski definition) is 0. The van der Waals surface area contributed by atoms with Gasteiger partial charge in [-0.3, -0.25) is 9.48 Å². The summed E-state index contributed by atoms with van der Waals surface area (Å²) in [6, 6.07) is 8.12. The van der Waals surface area contributed by atoms with Gasteiger partial charge in [0.05, 0.1) is 11.0 Å². The maximum absolute atomic E-state index is 13.1. The zero-order chi connectivity index (χ0) is 22.2. The maximum Gasteiger partial charge on any atom is 0.435 e. The van der Waals surface area contributed by atoms with Gasteiger partial charge >= 0.3 is 6.18 Å². The number of rotatable bonds is 5. The van der Waals surface area contributed by atoms with Crippen LogP contribution in [-0.2, 0) is 17.5 Å². The predicted octanol–water partition coefficient (Wildman–Crippen LogP) is 4.63. The summed E-state index contributed by atoms with van der Waals surface area (Å²) in [7, 11) is 0. The molecule has 9 heteroatoms. The molecular weight excluding hydrogens is 407 g/mol. The lowest BCUT2D eigenvalue weighted by Gasteiger charge is -2.34. The first-order chi connectivity index (χ1) is 14.8. The van der Waals surface area contributed by atoms with E-state index in [4.69, 9.17) is 4.98 Å². The van der Waals surface area contributed by atoms with Gasteiger partial charge in [-0.15, -0.1) is 0 Å². The molecule has 2 aromatic heterocycles. The molecule has 1 aromatic carbocycles. The molecule has 1 aliphatic heterocycles. The third-order valence-electron chi connectivity index (χ3n) is 5.88. The van der Waals surface area contributed by atoms with Crippen molar-refractivity contribution in [2.75, 3.05) is 13.1 Å². The summed E-state index contributed by atoms with van der Waals surface area (Å²) in [5, 5.41) is 3.57. The number of amides is 1. The summed E-state index contributed by atoms with van der Waals surface area (Å²) < 4.78 is 41.9. The Kier molecular flexibility index (Phi) is 5.77. The summed E-state index contributed by atoms with van der Waals surface area (Å²) >= 11 is 0. The van der Waals surface area contributed by atoms with Crippen LogP contribution in [0.25, 0.3) is 11.0 Å². The largest absolute Gasteiger partial charge is 0.435 e. The lowest BCUT2D eigenvalue weighted by atomic mass is 9.96. The van der Waals surface area contributed by atoms with E-state index in [9.17, 15) is 18.0 Å². The van der Waals surface area contributed by atoms with Crippen LogP contribution in [0.4, 0.5) is 13.2 Å². The summed E-state index contributed by atoms with van der Waals surface area (Å²) in [5.41, 5.74) is 1.04. The van der Waals surface area contributed by atoms with E-state index in [0.717, 1.165) is 53.4 Å². The van der Waals surface area contributed by atoms with Crippen LogP contribution in [0, 0.1) is 0 Å². The van der Waals surface area contributed by atoms with Crippen LogP contribution in [0.5, 0.6) is 0 Å². The van der Waals surface area contributed by atoms with E-state index in [2.05, 4.69) is 22.7 Å². The Bertz CT molecular complexity index is 1070. The zero-order valence-corrected chi connectivity index (χ0v) is 17.6. The van der Waals surface area contributed by atoms with Gasteiger partial charge in [0.1, 0.15) is 11.9 Å². The molecule has 0 aliphatic carbocycles. The molecule has 6 nitrogen and oxygen atoms in total. The molecule has 2 atom stereocenters. The van der Waals surface area contributed by atoms with Crippen LogP contribution < -0.4 is 0 Å². The molecule has 166 valence electrons. The van der Waals surface area contributed by atoms with E-state index < -0.39 is 17.9 Å². The van der Waals surface area contributed by atoms with Crippen molar-refractivity contribution in [1.29, 1.82) is 0 Å². The molecule has 0 saturated carbocycles. The minimum atomic E-state index is -4.53. The van der Waals surface area contributed by atoms with Crippen LogP contribution in [0.15, 0.2) is 36.5 Å². The quantitative estimate of drug-likeness (QED) is 0.590. The predicted molar refractivity (Wildman–Crippen MR) is 111 cm³/mol. The van der Waals surface area contributed by atoms with Gasteiger partial charge in [0, 0.05) is 31.7 Å². The number of benzene rings is 1. The summed E-state index contributed by atoms with van der Waals surface area (Å²) in [6.07, 6.45) is -0.590. The number of hydrogen-bond acceptors (Lipinski definition) is 3. The fourth-order valence-electron chi connectivity index (χ4n) is 4.33. The molecule has 1 amide bonds. The monoisotopic (exact) mass is 433 g/mol. The molecule has 0 spiro atoms. The number of halogens is 3. The molecule has 1 fully saturated rings. The summed E-state index contributed by atoms with van der Waals surface area (Å²) in [4.78, 5) is 19.7. The minimum absolute atomic E-state index is 0.0900. The number of fused-ring (bicyclic) bond motifs is 1. The first-order valence-corrected chi connectivity index (χ1v) is 10.7. The van der Waals surface area contributed by atoms with Gasteiger partial charge in [0.25, 0.3) is 0 Å². The second kappa shape index (κ2) is 8.36. The van der Waals surface area contributed by atoms with Crippen LogP contribution in [-0.4, -0.2) is 43.2 Å². The van der Waals surface area contributed by atoms with Gasteiger partial charge in [-0.2, -0.15) is 18.3 Å². The highest BCUT2D eigenvalue weighted by Crippen LogP contribution is 2.31. The molecule has 3 heterocycles. The number of carbonyl (C=O) groups excluding carboxylic acids is 1. The smallest absolute Gasteiger partial charge is 0.340 e. The molecule has 3 aromatic rings. The van der Waals surface area contributed by atoms with Gasteiger partial charge in [-0.05, 0) is 44.4 Å². The summed E-state index contributed by atoms with van der Waals surface area (Å²) in [6.45, 7) is 5.65. The number of para-hydroxylation sites is 2. The SMILES string of the molecule is CCCn1c(C2CCCN(C(=O)C(C)n3ccc(C(F)(F)F)n3)C2)nc2ccccc21. The Balaban J connectivity index is 1.55. The number of nitrogens with zero attached hydrogens (tertiary/aromatic N) is 5. The van der Waals surface area contributed by atoms with Gasteiger partial charge in [-0.25, -0.2) is 4.98 Å². The van der Waals surface area contributed by atoms with Crippen molar-refractivity contribution in [2.24, 2.45) is 0 Å². The highest BCUT2D eigenvalue weighted by molar-refractivity contribution is 5.80. The fourth-order valence-corrected chi connectivity index (χ4v) is 4.33. The fraction of sp³-hybridized carbons (Fsp3) is 0.500. The lowest BCUT2D eigenvalue weighted by Crippen LogP contribution is -2.43. The molecule has 1 aliphatic rings.